The summed E-state index contributed by atoms with van der Waals surface area (Å²) in [5.74, 6) is -0.925. The number of alkyl halides is 3. The molecule has 0 amide bonds. The molecular weight excluding hydrogens is 193 g/mol. The van der Waals surface area contributed by atoms with Gasteiger partial charge in [-0.05, 0) is 25.2 Å². The zero-order valence-electron chi connectivity index (χ0n) is 8.03. The smallest absolute Gasteiger partial charge is 0.294 e. The lowest BCUT2D eigenvalue weighted by Gasteiger charge is -2.13. The Bertz CT molecular complexity index is 255. The Morgan fingerprint density at radius 1 is 1.36 bits per heavy atom. The van der Waals surface area contributed by atoms with Gasteiger partial charge in [-0.15, -0.1) is 0 Å². The van der Waals surface area contributed by atoms with E-state index in [0.29, 0.717) is 18.8 Å². The predicted molar refractivity (Wildman–Crippen MR) is 46.7 cm³/mol. The molecule has 0 heterocycles. The van der Waals surface area contributed by atoms with Crippen LogP contribution in [0, 0.1) is 11.8 Å². The second-order valence-corrected chi connectivity index (χ2v) is 3.96. The molecule has 0 aromatic rings. The lowest BCUT2D eigenvalue weighted by molar-refractivity contribution is -0.132. The number of hydrogen-bond donors (Lipinski definition) is 0. The zero-order chi connectivity index (χ0) is 10.9. The molecule has 0 radical (unpaired) electrons. The Hall–Kier alpha value is -0.800. The van der Waals surface area contributed by atoms with Crippen molar-refractivity contribution in [2.45, 2.75) is 32.4 Å². The Labute approximate surface area is 81.0 Å². The van der Waals surface area contributed by atoms with Gasteiger partial charge in [0.15, 0.2) is 5.78 Å². The highest BCUT2D eigenvalue weighted by Crippen LogP contribution is 2.35. The van der Waals surface area contributed by atoms with Gasteiger partial charge < -0.3 is 0 Å². The van der Waals surface area contributed by atoms with Crippen LogP contribution in [-0.2, 0) is 4.79 Å². The van der Waals surface area contributed by atoms with Crippen molar-refractivity contribution in [1.82, 2.24) is 0 Å². The van der Waals surface area contributed by atoms with Gasteiger partial charge in [0.25, 0.3) is 0 Å². The molecule has 0 saturated heterocycles. The summed E-state index contributed by atoms with van der Waals surface area (Å²) in [5, 5.41) is 0. The van der Waals surface area contributed by atoms with Gasteiger partial charge in [0.1, 0.15) is 0 Å². The van der Waals surface area contributed by atoms with Crippen LogP contribution in [0.4, 0.5) is 13.2 Å². The summed E-state index contributed by atoms with van der Waals surface area (Å²) < 4.78 is 36.4. The van der Waals surface area contributed by atoms with E-state index in [-0.39, 0.29) is 0 Å². The van der Waals surface area contributed by atoms with Crippen molar-refractivity contribution >= 4 is 5.78 Å². The van der Waals surface area contributed by atoms with E-state index in [2.05, 4.69) is 6.58 Å². The Balaban J connectivity index is 2.63. The second-order valence-electron chi connectivity index (χ2n) is 3.96. The molecule has 14 heavy (non-hydrogen) atoms. The largest absolute Gasteiger partial charge is 0.419 e. The number of ketones is 1. The molecule has 0 aliphatic heterocycles. The minimum atomic E-state index is -4.57. The summed E-state index contributed by atoms with van der Waals surface area (Å²) in [6, 6.07) is 0. The zero-order valence-corrected chi connectivity index (χ0v) is 8.03. The van der Waals surface area contributed by atoms with Gasteiger partial charge in [0.2, 0.25) is 0 Å². The molecule has 0 spiro atoms. The van der Waals surface area contributed by atoms with Crippen LogP contribution in [0.3, 0.4) is 0 Å². The Morgan fingerprint density at radius 2 is 1.93 bits per heavy atom. The third kappa shape index (κ3) is 2.36. The molecule has 1 aliphatic carbocycles. The van der Waals surface area contributed by atoms with Gasteiger partial charge in [-0.2, -0.15) is 13.2 Å². The molecule has 0 aromatic carbocycles. The topological polar surface area (TPSA) is 17.1 Å². The molecule has 1 saturated carbocycles. The number of halogens is 3. The highest BCUT2D eigenvalue weighted by molar-refractivity contribution is 5.97. The van der Waals surface area contributed by atoms with Crippen molar-refractivity contribution in [3.8, 4) is 0 Å². The molecule has 1 aliphatic rings. The fourth-order valence-corrected chi connectivity index (χ4v) is 1.83. The van der Waals surface area contributed by atoms with Crippen molar-refractivity contribution < 1.29 is 18.0 Å². The first-order chi connectivity index (χ1) is 6.32. The number of Topliss-reactive ketones (excluding diaryl/α,β-unsaturated/α-hetero) is 1. The summed E-state index contributed by atoms with van der Waals surface area (Å²) in [5.41, 5.74) is -1.20. The molecule has 0 aromatic heterocycles. The number of carbonyl (C=O) groups excluding carboxylic acids is 1. The van der Waals surface area contributed by atoms with Crippen molar-refractivity contribution in [2.75, 3.05) is 0 Å². The van der Waals surface area contributed by atoms with Crippen LogP contribution >= 0.6 is 0 Å². The van der Waals surface area contributed by atoms with E-state index >= 15 is 0 Å². The summed E-state index contributed by atoms with van der Waals surface area (Å²) >= 11 is 0. The van der Waals surface area contributed by atoms with Crippen molar-refractivity contribution in [2.24, 2.45) is 11.8 Å². The van der Waals surface area contributed by atoms with E-state index in [9.17, 15) is 18.0 Å². The fourth-order valence-electron chi connectivity index (χ4n) is 1.83. The molecule has 1 fully saturated rings. The van der Waals surface area contributed by atoms with Crippen LogP contribution in [0.25, 0.3) is 0 Å². The second kappa shape index (κ2) is 3.75. The molecule has 2 unspecified atom stereocenters. The summed E-state index contributed by atoms with van der Waals surface area (Å²) in [6.45, 7) is 4.77. The van der Waals surface area contributed by atoms with E-state index < -0.39 is 23.5 Å². The number of hydrogen-bond acceptors (Lipinski definition) is 1. The molecule has 80 valence electrons. The van der Waals surface area contributed by atoms with Crippen molar-refractivity contribution in [3.05, 3.63) is 12.2 Å². The van der Waals surface area contributed by atoms with Gasteiger partial charge in [-0.25, -0.2) is 0 Å². The minimum Gasteiger partial charge on any atom is -0.294 e. The SMILES string of the molecule is C=C(C(=O)C1CCC(C)C1)C(F)(F)F. The standard InChI is InChI=1S/C10H13F3O/c1-6-3-4-8(5-6)9(14)7(2)10(11,12)13/h6,8H,2-5H2,1H3. The quantitative estimate of drug-likeness (QED) is 0.634. The summed E-state index contributed by atoms with van der Waals surface area (Å²) in [4.78, 5) is 11.3. The first-order valence-corrected chi connectivity index (χ1v) is 4.62. The summed E-state index contributed by atoms with van der Waals surface area (Å²) in [6.07, 6.45) is -2.60. The molecular formula is C10H13F3O. The molecule has 0 N–H and O–H groups in total. The average Bonchev–Trinajstić information content (AvgIpc) is 2.47. The Morgan fingerprint density at radius 3 is 2.29 bits per heavy atom. The molecule has 0 bridgehead atoms. The fraction of sp³-hybridized carbons (Fsp3) is 0.700. The van der Waals surface area contributed by atoms with E-state index in [1.807, 2.05) is 6.92 Å². The lowest BCUT2D eigenvalue weighted by Crippen LogP contribution is -2.24. The van der Waals surface area contributed by atoms with Crippen LogP contribution in [0.2, 0.25) is 0 Å². The van der Waals surface area contributed by atoms with Crippen LogP contribution in [0.5, 0.6) is 0 Å². The maximum absolute atomic E-state index is 12.1. The number of allylic oxidation sites excluding steroid dienone is 1. The van der Waals surface area contributed by atoms with Crippen LogP contribution in [0.1, 0.15) is 26.2 Å². The third-order valence-electron chi connectivity index (χ3n) is 2.71. The number of carbonyl (C=O) groups is 1. The maximum Gasteiger partial charge on any atom is 0.419 e. The molecule has 1 rings (SSSR count). The van der Waals surface area contributed by atoms with E-state index in [0.717, 1.165) is 6.42 Å². The number of rotatable bonds is 2. The van der Waals surface area contributed by atoms with Gasteiger partial charge in [-0.1, -0.05) is 13.5 Å². The van der Waals surface area contributed by atoms with Gasteiger partial charge in [0, 0.05) is 5.92 Å². The monoisotopic (exact) mass is 206 g/mol. The van der Waals surface area contributed by atoms with Crippen LogP contribution in [-0.4, -0.2) is 12.0 Å². The molecule has 1 nitrogen and oxygen atoms in total. The highest BCUT2D eigenvalue weighted by Gasteiger charge is 2.40. The first kappa shape index (κ1) is 11.3. The van der Waals surface area contributed by atoms with Crippen molar-refractivity contribution in [1.29, 1.82) is 0 Å². The van der Waals surface area contributed by atoms with E-state index in [1.165, 1.54) is 0 Å². The van der Waals surface area contributed by atoms with Crippen LogP contribution in [0.15, 0.2) is 12.2 Å². The minimum absolute atomic E-state index is 0.352. The van der Waals surface area contributed by atoms with E-state index in [1.54, 1.807) is 0 Å². The highest BCUT2D eigenvalue weighted by atomic mass is 19.4. The molecule has 2 atom stereocenters. The average molecular weight is 206 g/mol. The first-order valence-electron chi connectivity index (χ1n) is 4.62. The predicted octanol–water partition coefficient (Wildman–Crippen LogP) is 3.11. The maximum atomic E-state index is 12.1. The normalized spacial score (nSPS) is 27.7. The van der Waals surface area contributed by atoms with Gasteiger partial charge in [0.05, 0.1) is 5.57 Å². The molecule has 4 heteroatoms. The Kier molecular flexibility index (Phi) is 3.02. The lowest BCUT2D eigenvalue weighted by atomic mass is 9.96. The van der Waals surface area contributed by atoms with Gasteiger partial charge in [-0.3, -0.25) is 4.79 Å². The van der Waals surface area contributed by atoms with Crippen molar-refractivity contribution in [3.63, 3.8) is 0 Å². The third-order valence-corrected chi connectivity index (χ3v) is 2.71. The van der Waals surface area contributed by atoms with Crippen LogP contribution < -0.4 is 0 Å². The summed E-state index contributed by atoms with van der Waals surface area (Å²) in [7, 11) is 0. The van der Waals surface area contributed by atoms with Gasteiger partial charge >= 0.3 is 6.18 Å². The van der Waals surface area contributed by atoms with E-state index in [4.69, 9.17) is 0 Å².